The number of ether oxygens (including phenoxy) is 1. The number of benzene rings is 2. The summed E-state index contributed by atoms with van der Waals surface area (Å²) >= 11 is 5.78. The van der Waals surface area contributed by atoms with E-state index in [4.69, 9.17) is 16.3 Å². The van der Waals surface area contributed by atoms with Gasteiger partial charge in [-0.2, -0.15) is 5.26 Å². The predicted octanol–water partition coefficient (Wildman–Crippen LogP) is 2.01. The molecule has 25 heavy (non-hydrogen) atoms. The molecule has 2 aromatic carbocycles. The number of amides is 1. The van der Waals surface area contributed by atoms with Crippen molar-refractivity contribution in [3.8, 4) is 11.8 Å². The van der Waals surface area contributed by atoms with Gasteiger partial charge in [-0.3, -0.25) is 4.79 Å². The fourth-order valence-electron chi connectivity index (χ4n) is 1.85. The van der Waals surface area contributed by atoms with E-state index in [0.717, 1.165) is 0 Å². The van der Waals surface area contributed by atoms with E-state index >= 15 is 0 Å². The number of carboxylic acids is 1. The third-order valence-electron chi connectivity index (χ3n) is 3.01. The molecule has 0 saturated carbocycles. The van der Waals surface area contributed by atoms with Crippen molar-refractivity contribution in [2.45, 2.75) is 0 Å². The summed E-state index contributed by atoms with van der Waals surface area (Å²) in [6.07, 6.45) is 1.41. The number of hydrogen-bond acceptors (Lipinski definition) is 5. The molecule has 126 valence electrons. The lowest BCUT2D eigenvalue weighted by atomic mass is 10.1. The Balaban J connectivity index is 2.08. The van der Waals surface area contributed by atoms with Crippen LogP contribution in [0.15, 0.2) is 54.1 Å². The molecule has 0 bridgehead atoms. The molecule has 0 spiro atoms. The molecule has 6 nitrogen and oxygen atoms in total. The van der Waals surface area contributed by atoms with E-state index in [-0.39, 0.29) is 5.57 Å². The number of rotatable bonds is 6. The van der Waals surface area contributed by atoms with Gasteiger partial charge in [0.1, 0.15) is 24.0 Å². The molecule has 1 N–H and O–H groups in total. The van der Waals surface area contributed by atoms with Crippen LogP contribution in [0, 0.1) is 11.3 Å². The van der Waals surface area contributed by atoms with Gasteiger partial charge in [0, 0.05) is 10.7 Å². The molecule has 1 amide bonds. The molecule has 0 saturated heterocycles. The van der Waals surface area contributed by atoms with E-state index in [1.54, 1.807) is 36.4 Å². The van der Waals surface area contributed by atoms with Crippen molar-refractivity contribution in [3.05, 3.63) is 64.7 Å². The monoisotopic (exact) mass is 355 g/mol. The lowest BCUT2D eigenvalue weighted by molar-refractivity contribution is -0.307. The maximum atomic E-state index is 12.1. The number of nitrogens with zero attached hydrogens (tertiary/aromatic N) is 1. The van der Waals surface area contributed by atoms with Crippen LogP contribution in [0.4, 0.5) is 5.69 Å². The zero-order chi connectivity index (χ0) is 18.2. The Morgan fingerprint density at radius 2 is 1.80 bits per heavy atom. The summed E-state index contributed by atoms with van der Waals surface area (Å²) in [5.74, 6) is -1.54. The van der Waals surface area contributed by atoms with Crippen molar-refractivity contribution in [1.82, 2.24) is 0 Å². The quantitative estimate of drug-likeness (QED) is 0.630. The number of hydrogen-bond donors (Lipinski definition) is 1. The molecule has 0 aliphatic heterocycles. The number of nitriles is 1. The summed E-state index contributed by atoms with van der Waals surface area (Å²) in [6.45, 7) is -0.553. The molecule has 0 heterocycles. The van der Waals surface area contributed by atoms with Gasteiger partial charge in [-0.05, 0) is 48.0 Å². The molecule has 0 fully saturated rings. The highest BCUT2D eigenvalue weighted by Crippen LogP contribution is 2.17. The molecule has 0 aliphatic carbocycles. The van der Waals surface area contributed by atoms with Crippen LogP contribution in [0.2, 0.25) is 5.02 Å². The Hall–Kier alpha value is -3.30. The fraction of sp³-hybridized carbons (Fsp3) is 0.0556. The van der Waals surface area contributed by atoms with Gasteiger partial charge in [-0.25, -0.2) is 0 Å². The first-order valence-corrected chi connectivity index (χ1v) is 7.47. The minimum Gasteiger partial charge on any atom is -0.546 e. The Morgan fingerprint density at radius 1 is 1.16 bits per heavy atom. The molecule has 0 radical (unpaired) electrons. The van der Waals surface area contributed by atoms with Gasteiger partial charge in [0.2, 0.25) is 0 Å². The summed E-state index contributed by atoms with van der Waals surface area (Å²) in [4.78, 5) is 22.5. The van der Waals surface area contributed by atoms with E-state index in [1.807, 2.05) is 6.07 Å². The molecule has 0 aromatic heterocycles. The largest absolute Gasteiger partial charge is 0.546 e. The van der Waals surface area contributed by atoms with Gasteiger partial charge in [-0.15, -0.1) is 0 Å². The van der Waals surface area contributed by atoms with Crippen LogP contribution in [0.25, 0.3) is 6.08 Å². The second-order valence-corrected chi connectivity index (χ2v) is 5.30. The summed E-state index contributed by atoms with van der Waals surface area (Å²) < 4.78 is 4.95. The Morgan fingerprint density at radius 3 is 2.36 bits per heavy atom. The summed E-state index contributed by atoms with van der Waals surface area (Å²) in [5, 5.41) is 22.7. The highest BCUT2D eigenvalue weighted by Gasteiger charge is 2.09. The zero-order valence-corrected chi connectivity index (χ0v) is 13.6. The molecular weight excluding hydrogens is 344 g/mol. The lowest BCUT2D eigenvalue weighted by Crippen LogP contribution is -2.28. The van der Waals surface area contributed by atoms with Crippen LogP contribution in [0.3, 0.4) is 0 Å². The van der Waals surface area contributed by atoms with Crippen molar-refractivity contribution in [2.24, 2.45) is 0 Å². The van der Waals surface area contributed by atoms with Crippen LogP contribution in [0.5, 0.6) is 5.75 Å². The molecule has 0 unspecified atom stereocenters. The van der Waals surface area contributed by atoms with Crippen molar-refractivity contribution in [2.75, 3.05) is 11.9 Å². The molecule has 2 aromatic rings. The number of aliphatic carboxylic acids is 1. The maximum Gasteiger partial charge on any atom is 0.266 e. The first-order chi connectivity index (χ1) is 12.0. The van der Waals surface area contributed by atoms with E-state index in [1.165, 1.54) is 18.2 Å². The van der Waals surface area contributed by atoms with Gasteiger partial charge >= 0.3 is 0 Å². The lowest BCUT2D eigenvalue weighted by Gasteiger charge is -2.07. The number of carbonyl (C=O) groups excluding carboxylic acids is 2. The first-order valence-electron chi connectivity index (χ1n) is 7.09. The topological polar surface area (TPSA) is 102 Å². The minimum absolute atomic E-state index is 0.0849. The van der Waals surface area contributed by atoms with Gasteiger partial charge in [0.15, 0.2) is 0 Å². The van der Waals surface area contributed by atoms with E-state index in [0.29, 0.717) is 22.0 Å². The summed E-state index contributed by atoms with van der Waals surface area (Å²) in [6, 6.07) is 14.6. The molecular formula is C18H12ClN2O4-. The van der Waals surface area contributed by atoms with Gasteiger partial charge < -0.3 is 20.0 Å². The van der Waals surface area contributed by atoms with Crippen molar-refractivity contribution < 1.29 is 19.4 Å². The third-order valence-corrected chi connectivity index (χ3v) is 3.27. The molecule has 7 heteroatoms. The van der Waals surface area contributed by atoms with Crippen LogP contribution >= 0.6 is 11.6 Å². The standard InChI is InChI=1S/C18H13ClN2O4/c19-14-3-5-15(6-4-14)21-18(24)13(10-20)9-12-1-7-16(8-2-12)25-11-17(22)23/h1-9H,11H2,(H,21,24)(H,22,23)/p-1/b13-9+. The van der Waals surface area contributed by atoms with E-state index < -0.39 is 18.5 Å². The highest BCUT2D eigenvalue weighted by molar-refractivity contribution is 6.30. The van der Waals surface area contributed by atoms with Crippen molar-refractivity contribution in [3.63, 3.8) is 0 Å². The minimum atomic E-state index is -1.32. The number of carbonyl (C=O) groups is 2. The Bertz CT molecular complexity index is 837. The van der Waals surface area contributed by atoms with Crippen LogP contribution in [0.1, 0.15) is 5.56 Å². The summed E-state index contributed by atoms with van der Waals surface area (Å²) in [7, 11) is 0. The third kappa shape index (κ3) is 5.68. The number of halogens is 1. The van der Waals surface area contributed by atoms with Crippen LogP contribution in [-0.2, 0) is 9.59 Å². The molecule has 0 atom stereocenters. The average Bonchev–Trinajstić information content (AvgIpc) is 2.60. The van der Waals surface area contributed by atoms with Crippen LogP contribution < -0.4 is 15.2 Å². The smallest absolute Gasteiger partial charge is 0.266 e. The normalized spacial score (nSPS) is 10.6. The van der Waals surface area contributed by atoms with Gasteiger partial charge in [0.25, 0.3) is 5.91 Å². The number of anilines is 1. The first kappa shape index (κ1) is 18.0. The highest BCUT2D eigenvalue weighted by atomic mass is 35.5. The summed E-state index contributed by atoms with van der Waals surface area (Å²) in [5.41, 5.74) is 1.02. The zero-order valence-electron chi connectivity index (χ0n) is 12.9. The molecule has 0 aliphatic rings. The Labute approximate surface area is 148 Å². The van der Waals surface area contributed by atoms with E-state index in [2.05, 4.69) is 5.32 Å². The second-order valence-electron chi connectivity index (χ2n) is 4.86. The van der Waals surface area contributed by atoms with Gasteiger partial charge in [-0.1, -0.05) is 23.7 Å². The number of nitrogens with one attached hydrogen (secondary N) is 1. The molecule has 2 rings (SSSR count). The van der Waals surface area contributed by atoms with Crippen molar-refractivity contribution >= 4 is 35.2 Å². The number of carboxylic acid groups (broad SMARTS) is 1. The fourth-order valence-corrected chi connectivity index (χ4v) is 1.98. The van der Waals surface area contributed by atoms with Gasteiger partial charge in [0.05, 0.1) is 5.97 Å². The van der Waals surface area contributed by atoms with E-state index in [9.17, 15) is 20.0 Å². The maximum absolute atomic E-state index is 12.1. The van der Waals surface area contributed by atoms with Crippen LogP contribution in [-0.4, -0.2) is 18.5 Å². The second kappa shape index (κ2) is 8.52. The Kier molecular flexibility index (Phi) is 6.15. The van der Waals surface area contributed by atoms with Crippen molar-refractivity contribution in [1.29, 1.82) is 5.26 Å². The SMILES string of the molecule is N#C/C(=C\c1ccc(OCC(=O)[O-])cc1)C(=O)Nc1ccc(Cl)cc1. The predicted molar refractivity (Wildman–Crippen MR) is 90.6 cm³/mol. The average molecular weight is 356 g/mol.